The van der Waals surface area contributed by atoms with Crippen LogP contribution in [0, 0.1) is 11.8 Å². The summed E-state index contributed by atoms with van der Waals surface area (Å²) in [6.07, 6.45) is 1.62. The molecule has 0 radical (unpaired) electrons. The minimum Gasteiger partial charge on any atom is -0.489 e. The third kappa shape index (κ3) is 6.17. The zero-order valence-corrected chi connectivity index (χ0v) is 22.0. The molecule has 1 aromatic carbocycles. The molecule has 1 aliphatic carbocycles. The molecule has 208 valence electrons. The third-order valence-corrected chi connectivity index (χ3v) is 6.73. The predicted molar refractivity (Wildman–Crippen MR) is 133 cm³/mol. The van der Waals surface area contributed by atoms with E-state index < -0.39 is 18.7 Å². The normalized spacial score (nSPS) is 18.6. The first-order chi connectivity index (χ1) is 18.1. The number of piperazine rings is 1. The summed E-state index contributed by atoms with van der Waals surface area (Å²) in [5, 5.41) is 0. The third-order valence-electron chi connectivity index (χ3n) is 6.73. The van der Waals surface area contributed by atoms with Gasteiger partial charge in [-0.15, -0.1) is 0 Å². The molecule has 1 aliphatic heterocycles. The van der Waals surface area contributed by atoms with E-state index in [1.54, 1.807) is 16.7 Å². The molecule has 2 N–H and O–H groups in total. The number of nitrogens with two attached hydrogens (primary N) is 1. The molecule has 2 fully saturated rings. The van der Waals surface area contributed by atoms with Crippen molar-refractivity contribution in [3.05, 3.63) is 29.7 Å². The Bertz CT molecular complexity index is 1150. The number of halogens is 2. The number of hydrogen-bond donors (Lipinski definition) is 1. The molecule has 2 aromatic rings. The van der Waals surface area contributed by atoms with E-state index in [1.165, 1.54) is 25.3 Å². The number of aromatic nitrogens is 1. The van der Waals surface area contributed by atoms with E-state index in [1.807, 2.05) is 13.8 Å². The molecule has 4 rings (SSSR count). The number of methoxy groups -OCH3 is 1. The number of rotatable bonds is 9. The maximum atomic E-state index is 13.6. The first-order valence-corrected chi connectivity index (χ1v) is 12.7. The van der Waals surface area contributed by atoms with E-state index in [-0.39, 0.29) is 53.3 Å². The number of nitrogens with zero attached hydrogens (tertiary/aromatic N) is 3. The van der Waals surface area contributed by atoms with Gasteiger partial charge in [-0.25, -0.2) is 9.78 Å². The minimum atomic E-state index is -3.01. The maximum absolute atomic E-state index is 13.6. The summed E-state index contributed by atoms with van der Waals surface area (Å²) in [6, 6.07) is 3.50. The number of benzene rings is 1. The number of alkyl halides is 2. The van der Waals surface area contributed by atoms with Crippen molar-refractivity contribution in [3.8, 4) is 23.0 Å². The molecular formula is C26H34F2N4O6. The fourth-order valence-corrected chi connectivity index (χ4v) is 4.42. The highest BCUT2D eigenvalue weighted by Gasteiger charge is 2.37. The Morgan fingerprint density at radius 1 is 1.18 bits per heavy atom. The molecule has 2 heterocycles. The lowest BCUT2D eigenvalue weighted by Gasteiger charge is -2.42. The molecule has 10 nitrogen and oxygen atoms in total. The van der Waals surface area contributed by atoms with E-state index in [0.29, 0.717) is 31.2 Å². The molecule has 2 amide bonds. The first-order valence-electron chi connectivity index (χ1n) is 12.7. The fourth-order valence-electron chi connectivity index (χ4n) is 4.42. The predicted octanol–water partition coefficient (Wildman–Crippen LogP) is 4.30. The molecule has 0 spiro atoms. The van der Waals surface area contributed by atoms with Crippen molar-refractivity contribution in [1.82, 2.24) is 14.8 Å². The van der Waals surface area contributed by atoms with Gasteiger partial charge in [-0.05, 0) is 49.8 Å². The summed E-state index contributed by atoms with van der Waals surface area (Å²) < 4.78 is 47.0. The summed E-state index contributed by atoms with van der Waals surface area (Å²) in [4.78, 5) is 33.5. The Balaban J connectivity index is 1.61. The second-order valence-electron chi connectivity index (χ2n) is 10.0. The highest BCUT2D eigenvalue weighted by molar-refractivity contribution is 5.94. The zero-order valence-electron chi connectivity index (χ0n) is 22.0. The van der Waals surface area contributed by atoms with E-state index in [0.717, 1.165) is 12.8 Å². The van der Waals surface area contributed by atoms with Gasteiger partial charge in [-0.1, -0.05) is 13.8 Å². The molecule has 0 bridgehead atoms. The van der Waals surface area contributed by atoms with Crippen LogP contribution in [0.2, 0.25) is 0 Å². The van der Waals surface area contributed by atoms with Gasteiger partial charge in [0.2, 0.25) is 5.89 Å². The van der Waals surface area contributed by atoms with Crippen LogP contribution in [0.5, 0.6) is 11.5 Å². The minimum absolute atomic E-state index is 0.0670. The Morgan fingerprint density at radius 3 is 2.53 bits per heavy atom. The van der Waals surface area contributed by atoms with Crippen molar-refractivity contribution in [1.29, 1.82) is 0 Å². The molecule has 1 aromatic heterocycles. The lowest BCUT2D eigenvalue weighted by atomic mass is 9.99. The van der Waals surface area contributed by atoms with Gasteiger partial charge < -0.3 is 34.2 Å². The van der Waals surface area contributed by atoms with Crippen LogP contribution in [0.3, 0.4) is 0 Å². The van der Waals surface area contributed by atoms with Gasteiger partial charge in [0.1, 0.15) is 0 Å². The highest BCUT2D eigenvalue weighted by atomic mass is 19.3. The maximum Gasteiger partial charge on any atom is 0.409 e. The second kappa shape index (κ2) is 11.5. The summed E-state index contributed by atoms with van der Waals surface area (Å²) in [5.41, 5.74) is 6.62. The molecule has 12 heteroatoms. The van der Waals surface area contributed by atoms with Crippen LogP contribution in [0.25, 0.3) is 11.5 Å². The van der Waals surface area contributed by atoms with Crippen molar-refractivity contribution in [2.45, 2.75) is 52.3 Å². The van der Waals surface area contributed by atoms with E-state index in [9.17, 15) is 18.4 Å². The quantitative estimate of drug-likeness (QED) is 0.504. The van der Waals surface area contributed by atoms with Crippen molar-refractivity contribution in [3.63, 3.8) is 0 Å². The summed E-state index contributed by atoms with van der Waals surface area (Å²) >= 11 is 0. The zero-order chi connectivity index (χ0) is 27.6. The second-order valence-corrected chi connectivity index (χ2v) is 10.0. The number of carbonyl (C=O) groups excluding carboxylic acids is 2. The van der Waals surface area contributed by atoms with Crippen molar-refractivity contribution in [2.24, 2.45) is 17.6 Å². The molecular weight excluding hydrogens is 502 g/mol. The molecule has 1 saturated carbocycles. The number of amides is 2. The van der Waals surface area contributed by atoms with Crippen LogP contribution in [0.15, 0.2) is 22.6 Å². The van der Waals surface area contributed by atoms with Crippen LogP contribution in [-0.4, -0.2) is 72.8 Å². The topological polar surface area (TPSA) is 120 Å². The smallest absolute Gasteiger partial charge is 0.409 e. The van der Waals surface area contributed by atoms with Crippen molar-refractivity contribution in [2.75, 3.05) is 33.4 Å². The average molecular weight is 537 g/mol. The van der Waals surface area contributed by atoms with Crippen LogP contribution < -0.4 is 15.2 Å². The van der Waals surface area contributed by atoms with Gasteiger partial charge in [0, 0.05) is 25.2 Å². The Kier molecular flexibility index (Phi) is 8.39. The molecule has 1 saturated heterocycles. The van der Waals surface area contributed by atoms with Gasteiger partial charge in [-0.2, -0.15) is 8.78 Å². The first kappa shape index (κ1) is 27.6. The average Bonchev–Trinajstić information content (AvgIpc) is 3.61. The number of carbonyl (C=O) groups is 2. The molecule has 0 unspecified atom stereocenters. The van der Waals surface area contributed by atoms with Crippen molar-refractivity contribution < 1.29 is 37.0 Å². The van der Waals surface area contributed by atoms with Crippen LogP contribution in [0.1, 0.15) is 55.9 Å². The van der Waals surface area contributed by atoms with E-state index >= 15 is 0 Å². The summed E-state index contributed by atoms with van der Waals surface area (Å²) in [5.74, 6) is 0.454. The SMILES string of the molecule is COC(=O)N1CCN(C(=O)c2nc(-c3ccc(OC(F)F)c(OCC4CC4)c3)oc2[C@H](C)N)C[C@@H]1C(C)C. The summed E-state index contributed by atoms with van der Waals surface area (Å²) in [7, 11) is 1.33. The molecule has 2 aliphatic rings. The molecule has 2 atom stereocenters. The Morgan fingerprint density at radius 2 is 1.92 bits per heavy atom. The van der Waals surface area contributed by atoms with Gasteiger partial charge in [0.25, 0.3) is 5.91 Å². The van der Waals surface area contributed by atoms with Crippen LogP contribution in [-0.2, 0) is 4.74 Å². The number of hydrogen-bond acceptors (Lipinski definition) is 8. The van der Waals surface area contributed by atoms with Crippen molar-refractivity contribution >= 4 is 12.0 Å². The lowest BCUT2D eigenvalue weighted by Crippen LogP contribution is -2.58. The number of ether oxygens (including phenoxy) is 3. The molecule has 38 heavy (non-hydrogen) atoms. The fraction of sp³-hybridized carbons (Fsp3) is 0.577. The van der Waals surface area contributed by atoms with Gasteiger partial charge in [0.05, 0.1) is 25.8 Å². The Labute approximate surface area is 220 Å². The van der Waals surface area contributed by atoms with Gasteiger partial charge in [0.15, 0.2) is 23.0 Å². The Hall–Kier alpha value is -3.41. The van der Waals surface area contributed by atoms with E-state index in [4.69, 9.17) is 19.6 Å². The van der Waals surface area contributed by atoms with Crippen LogP contribution >= 0.6 is 0 Å². The monoisotopic (exact) mass is 536 g/mol. The summed E-state index contributed by atoms with van der Waals surface area (Å²) in [6.45, 7) is 3.90. The highest BCUT2D eigenvalue weighted by Crippen LogP contribution is 2.37. The largest absolute Gasteiger partial charge is 0.489 e. The van der Waals surface area contributed by atoms with E-state index in [2.05, 4.69) is 9.72 Å². The standard InChI is InChI=1S/C26H34F2N4O6/c1-14(2)18-12-31(9-10-32(18)26(34)35-4)24(33)21-22(15(3)29)38-23(30-21)17-7-8-19(37-25(27)28)20(11-17)36-13-16-5-6-16/h7-8,11,14-16,18,25H,5-6,9-10,12-13,29H2,1-4H3/t15-,18+/m0/s1. The lowest BCUT2D eigenvalue weighted by molar-refractivity contribution is -0.0515. The van der Waals surface area contributed by atoms with Gasteiger partial charge >= 0.3 is 12.7 Å². The number of oxazole rings is 1. The van der Waals surface area contributed by atoms with Gasteiger partial charge in [-0.3, -0.25) is 4.79 Å². The van der Waals surface area contributed by atoms with Crippen LogP contribution in [0.4, 0.5) is 13.6 Å².